The highest BCUT2D eigenvalue weighted by atomic mass is 15.2. The predicted molar refractivity (Wildman–Crippen MR) is 267 cm³/mol. The SMILES string of the molecule is c1ccc(-n2c3ccccc3c3ccccc32)c(-c2ccccc2-n2c3ccccc3c3cc(-n4c5ccccc5c5ccccc54)nc(-n4c5ccccc5c5ccccc54)c32)c1. The van der Waals surface area contributed by atoms with Gasteiger partial charge in [-0.1, -0.05) is 164 Å². The molecule has 0 atom stereocenters. The van der Waals surface area contributed by atoms with Crippen LogP contribution >= 0.6 is 0 Å². The fraction of sp³-hybridized carbons (Fsp3) is 0. The average molecular weight is 816 g/mol. The van der Waals surface area contributed by atoms with Crippen molar-refractivity contribution in [2.45, 2.75) is 0 Å². The van der Waals surface area contributed by atoms with Crippen LogP contribution < -0.4 is 0 Å². The van der Waals surface area contributed by atoms with Gasteiger partial charge >= 0.3 is 0 Å². The van der Waals surface area contributed by atoms with Crippen molar-refractivity contribution in [1.82, 2.24) is 23.3 Å². The fourth-order valence-corrected chi connectivity index (χ4v) is 10.8. The maximum Gasteiger partial charge on any atom is 0.165 e. The van der Waals surface area contributed by atoms with Gasteiger partial charge < -0.3 is 9.13 Å². The first-order chi connectivity index (χ1) is 31.8. The van der Waals surface area contributed by atoms with E-state index in [1.165, 1.54) is 43.4 Å². The van der Waals surface area contributed by atoms with Crippen molar-refractivity contribution in [1.29, 1.82) is 0 Å². The van der Waals surface area contributed by atoms with E-state index in [2.05, 4.69) is 243 Å². The lowest BCUT2D eigenvalue weighted by Gasteiger charge is -2.20. The molecular weight excluding hydrogens is 779 g/mol. The van der Waals surface area contributed by atoms with Crippen LogP contribution in [-0.2, 0) is 0 Å². The van der Waals surface area contributed by atoms with Gasteiger partial charge in [-0.15, -0.1) is 0 Å². The molecule has 5 heterocycles. The lowest BCUT2D eigenvalue weighted by atomic mass is 10.0. The van der Waals surface area contributed by atoms with Gasteiger partial charge in [-0.25, -0.2) is 4.98 Å². The summed E-state index contributed by atoms with van der Waals surface area (Å²) >= 11 is 0. The quantitative estimate of drug-likeness (QED) is 0.170. The minimum Gasteiger partial charge on any atom is -0.309 e. The lowest BCUT2D eigenvalue weighted by Crippen LogP contribution is -2.07. The summed E-state index contributed by atoms with van der Waals surface area (Å²) in [5, 5.41) is 9.57. The molecule has 0 spiro atoms. The smallest absolute Gasteiger partial charge is 0.165 e. The maximum atomic E-state index is 5.90. The maximum absolute atomic E-state index is 5.90. The van der Waals surface area contributed by atoms with E-state index in [1.54, 1.807) is 0 Å². The van der Waals surface area contributed by atoms with Crippen LogP contribution in [0.15, 0.2) is 224 Å². The van der Waals surface area contributed by atoms with E-state index in [9.17, 15) is 0 Å². The molecule has 0 aliphatic rings. The molecule has 0 amide bonds. The molecule has 0 aliphatic carbocycles. The minimum atomic E-state index is 0.869. The van der Waals surface area contributed by atoms with Gasteiger partial charge in [-0.05, 0) is 60.7 Å². The summed E-state index contributed by atoms with van der Waals surface area (Å²) < 4.78 is 9.66. The lowest BCUT2D eigenvalue weighted by molar-refractivity contribution is 1.01. The zero-order valence-corrected chi connectivity index (χ0v) is 34.6. The number of fused-ring (bicyclic) bond motifs is 12. The molecule has 0 saturated heterocycles. The van der Waals surface area contributed by atoms with Gasteiger partial charge in [0, 0.05) is 54.2 Å². The van der Waals surface area contributed by atoms with Crippen molar-refractivity contribution in [2.24, 2.45) is 0 Å². The highest BCUT2D eigenvalue weighted by Gasteiger charge is 2.26. The third-order valence-electron chi connectivity index (χ3n) is 13.4. The Morgan fingerprint density at radius 3 is 0.969 bits per heavy atom. The summed E-state index contributed by atoms with van der Waals surface area (Å²) in [6.45, 7) is 0. The van der Waals surface area contributed by atoms with Crippen LogP contribution in [-0.4, -0.2) is 23.3 Å². The second-order valence-corrected chi connectivity index (χ2v) is 16.7. The van der Waals surface area contributed by atoms with Crippen molar-refractivity contribution in [2.75, 3.05) is 0 Å². The van der Waals surface area contributed by atoms with E-state index in [0.29, 0.717) is 0 Å². The van der Waals surface area contributed by atoms with Gasteiger partial charge in [0.25, 0.3) is 0 Å². The number of para-hydroxylation sites is 9. The Balaban J connectivity index is 1.14. The minimum absolute atomic E-state index is 0.869. The van der Waals surface area contributed by atoms with Crippen LogP contribution in [0.25, 0.3) is 121 Å². The first kappa shape index (κ1) is 35.0. The Morgan fingerprint density at radius 1 is 0.250 bits per heavy atom. The molecule has 0 unspecified atom stereocenters. The van der Waals surface area contributed by atoms with Crippen LogP contribution in [0, 0.1) is 0 Å². The van der Waals surface area contributed by atoms with Gasteiger partial charge in [0.05, 0.1) is 55.5 Å². The third-order valence-corrected chi connectivity index (χ3v) is 13.4. The van der Waals surface area contributed by atoms with Crippen molar-refractivity contribution in [3.8, 4) is 34.1 Å². The monoisotopic (exact) mass is 815 g/mol. The van der Waals surface area contributed by atoms with Gasteiger partial charge in [-0.3, -0.25) is 9.13 Å². The van der Waals surface area contributed by atoms with E-state index in [4.69, 9.17) is 4.98 Å². The van der Waals surface area contributed by atoms with E-state index in [-0.39, 0.29) is 0 Å². The molecule has 0 N–H and O–H groups in total. The van der Waals surface area contributed by atoms with E-state index < -0.39 is 0 Å². The van der Waals surface area contributed by atoms with E-state index in [1.807, 2.05) is 0 Å². The molecule has 5 heteroatoms. The van der Waals surface area contributed by atoms with Gasteiger partial charge in [-0.2, -0.15) is 0 Å². The standard InChI is InChI=1S/C59H37N5/c1-10-28-48-38(19-1)39-20-2-11-29-49(39)61(48)50-30-12-3-21-40(50)43-24-6-15-33-53(43)63-54-34-16-9-27-46(54)47-37-57(62-51-31-13-4-22-41(51)42-23-5-14-32-52(42)62)60-59(58(47)63)64-55-35-17-7-25-44(55)45-26-8-18-36-56(45)64/h1-37H. The predicted octanol–water partition coefficient (Wildman–Crippen LogP) is 15.1. The molecule has 14 aromatic rings. The highest BCUT2D eigenvalue weighted by Crippen LogP contribution is 2.44. The number of nitrogens with zero attached hydrogens (tertiary/aromatic N) is 5. The first-order valence-corrected chi connectivity index (χ1v) is 21.9. The molecule has 5 nitrogen and oxygen atoms in total. The largest absolute Gasteiger partial charge is 0.309 e. The van der Waals surface area contributed by atoms with Crippen molar-refractivity contribution in [3.63, 3.8) is 0 Å². The number of hydrogen-bond acceptors (Lipinski definition) is 1. The molecule has 0 aliphatic heterocycles. The Labute approximate surface area is 367 Å². The Hall–Kier alpha value is -8.67. The van der Waals surface area contributed by atoms with Crippen LogP contribution in [0.5, 0.6) is 0 Å². The zero-order valence-electron chi connectivity index (χ0n) is 34.6. The molecule has 298 valence electrons. The molecular formula is C59H37N5. The fourth-order valence-electron chi connectivity index (χ4n) is 10.8. The van der Waals surface area contributed by atoms with Crippen LogP contribution in [0.4, 0.5) is 0 Å². The molecule has 0 radical (unpaired) electrons. The molecule has 14 rings (SSSR count). The molecule has 0 fully saturated rings. The normalized spacial score (nSPS) is 12.1. The number of benzene rings is 9. The summed E-state index contributed by atoms with van der Waals surface area (Å²) in [5.74, 6) is 1.74. The van der Waals surface area contributed by atoms with Gasteiger partial charge in [0.1, 0.15) is 5.82 Å². The topological polar surface area (TPSA) is 32.6 Å². The van der Waals surface area contributed by atoms with Gasteiger partial charge in [0.15, 0.2) is 5.82 Å². The summed E-state index contributed by atoms with van der Waals surface area (Å²) in [5.41, 5.74) is 13.5. The summed E-state index contributed by atoms with van der Waals surface area (Å²) in [7, 11) is 0. The van der Waals surface area contributed by atoms with Crippen molar-refractivity contribution < 1.29 is 0 Å². The van der Waals surface area contributed by atoms with E-state index in [0.717, 1.165) is 78.0 Å². The zero-order chi connectivity index (χ0) is 41.9. The Morgan fingerprint density at radius 2 is 0.547 bits per heavy atom. The first-order valence-electron chi connectivity index (χ1n) is 21.9. The second-order valence-electron chi connectivity index (χ2n) is 16.7. The van der Waals surface area contributed by atoms with Gasteiger partial charge in [0.2, 0.25) is 0 Å². The third kappa shape index (κ3) is 4.81. The number of rotatable bonds is 5. The summed E-state index contributed by atoms with van der Waals surface area (Å²) in [4.78, 5) is 5.90. The molecule has 9 aromatic carbocycles. The van der Waals surface area contributed by atoms with Crippen LogP contribution in [0.2, 0.25) is 0 Å². The Kier molecular flexibility index (Phi) is 7.33. The summed E-state index contributed by atoms with van der Waals surface area (Å²) in [6, 6.07) is 81.3. The van der Waals surface area contributed by atoms with E-state index >= 15 is 0 Å². The van der Waals surface area contributed by atoms with Crippen LogP contribution in [0.3, 0.4) is 0 Å². The second kappa shape index (κ2) is 13.4. The van der Waals surface area contributed by atoms with Crippen molar-refractivity contribution in [3.05, 3.63) is 224 Å². The number of aromatic nitrogens is 5. The Bertz CT molecular complexity index is 4050. The molecule has 0 saturated carbocycles. The van der Waals surface area contributed by atoms with Crippen LogP contribution in [0.1, 0.15) is 0 Å². The highest BCUT2D eigenvalue weighted by molar-refractivity contribution is 6.16. The molecule has 5 aromatic heterocycles. The molecule has 0 bridgehead atoms. The average Bonchev–Trinajstić information content (AvgIpc) is 4.09. The number of hydrogen-bond donors (Lipinski definition) is 0. The van der Waals surface area contributed by atoms with Crippen molar-refractivity contribution >= 4 is 87.2 Å². The number of pyridine rings is 1. The summed E-state index contributed by atoms with van der Waals surface area (Å²) in [6.07, 6.45) is 0. The molecule has 64 heavy (non-hydrogen) atoms.